The van der Waals surface area contributed by atoms with Crippen molar-refractivity contribution in [3.63, 3.8) is 0 Å². The summed E-state index contributed by atoms with van der Waals surface area (Å²) >= 11 is 0. The molecule has 0 aliphatic rings. The molecule has 0 saturated carbocycles. The van der Waals surface area contributed by atoms with Gasteiger partial charge >= 0.3 is 5.97 Å². The topological polar surface area (TPSA) is 48.4 Å². The van der Waals surface area contributed by atoms with E-state index in [-0.39, 0.29) is 12.4 Å². The van der Waals surface area contributed by atoms with Gasteiger partial charge in [0.2, 0.25) is 0 Å². The SMILES string of the molecule is CCOC(=O)Cc1ccc(OCc2cccnc2C)cc1. The van der Waals surface area contributed by atoms with Crippen LogP contribution in [0, 0.1) is 6.92 Å². The summed E-state index contributed by atoms with van der Waals surface area (Å²) in [6.45, 7) is 4.65. The predicted octanol–water partition coefficient (Wildman–Crippen LogP) is 3.07. The lowest BCUT2D eigenvalue weighted by Crippen LogP contribution is -2.07. The number of carbonyl (C=O) groups excluding carboxylic acids is 1. The first-order valence-corrected chi connectivity index (χ1v) is 6.97. The number of hydrogen-bond acceptors (Lipinski definition) is 4. The number of pyridine rings is 1. The minimum Gasteiger partial charge on any atom is -0.489 e. The fourth-order valence-electron chi connectivity index (χ4n) is 1.91. The van der Waals surface area contributed by atoms with Crippen LogP contribution in [0.5, 0.6) is 5.75 Å². The molecule has 0 unspecified atom stereocenters. The molecule has 0 aliphatic heterocycles. The molecule has 0 amide bonds. The standard InChI is InChI=1S/C17H19NO3/c1-3-20-17(19)11-14-6-8-16(9-7-14)21-12-15-5-4-10-18-13(15)2/h4-10H,3,11-12H2,1-2H3. The van der Waals surface area contributed by atoms with E-state index in [2.05, 4.69) is 4.98 Å². The van der Waals surface area contributed by atoms with Gasteiger partial charge in [0.05, 0.1) is 13.0 Å². The van der Waals surface area contributed by atoms with Gasteiger partial charge < -0.3 is 9.47 Å². The molecule has 1 heterocycles. The van der Waals surface area contributed by atoms with Crippen molar-refractivity contribution in [3.05, 3.63) is 59.4 Å². The molecule has 0 fully saturated rings. The van der Waals surface area contributed by atoms with Gasteiger partial charge in [0.25, 0.3) is 0 Å². The second-order valence-electron chi connectivity index (χ2n) is 4.66. The molecule has 0 spiro atoms. The number of benzene rings is 1. The average Bonchev–Trinajstić information content (AvgIpc) is 2.48. The van der Waals surface area contributed by atoms with Crippen LogP contribution in [0.3, 0.4) is 0 Å². The van der Waals surface area contributed by atoms with Crippen molar-refractivity contribution in [3.8, 4) is 5.75 Å². The van der Waals surface area contributed by atoms with Crippen molar-refractivity contribution in [2.24, 2.45) is 0 Å². The molecule has 4 nitrogen and oxygen atoms in total. The van der Waals surface area contributed by atoms with Crippen LogP contribution in [-0.2, 0) is 22.6 Å². The molecule has 0 bridgehead atoms. The molecule has 21 heavy (non-hydrogen) atoms. The van der Waals surface area contributed by atoms with Crippen LogP contribution < -0.4 is 4.74 Å². The van der Waals surface area contributed by atoms with Crippen molar-refractivity contribution >= 4 is 5.97 Å². The highest BCUT2D eigenvalue weighted by molar-refractivity contribution is 5.72. The van der Waals surface area contributed by atoms with Crippen molar-refractivity contribution < 1.29 is 14.3 Å². The van der Waals surface area contributed by atoms with Crippen molar-refractivity contribution in [1.29, 1.82) is 0 Å². The summed E-state index contributed by atoms with van der Waals surface area (Å²) in [6, 6.07) is 11.4. The lowest BCUT2D eigenvalue weighted by Gasteiger charge is -2.08. The number of ether oxygens (including phenoxy) is 2. The third kappa shape index (κ3) is 4.60. The summed E-state index contributed by atoms with van der Waals surface area (Å²) in [4.78, 5) is 15.6. The Morgan fingerprint density at radius 1 is 1.19 bits per heavy atom. The molecule has 110 valence electrons. The second-order valence-corrected chi connectivity index (χ2v) is 4.66. The van der Waals surface area contributed by atoms with Crippen LogP contribution in [0.2, 0.25) is 0 Å². The summed E-state index contributed by atoms with van der Waals surface area (Å²) < 4.78 is 10.6. The third-order valence-electron chi connectivity index (χ3n) is 3.09. The molecule has 0 saturated heterocycles. The molecule has 1 aromatic heterocycles. The van der Waals surface area contributed by atoms with E-state index in [1.807, 2.05) is 43.3 Å². The second kappa shape index (κ2) is 7.43. The normalized spacial score (nSPS) is 10.2. The van der Waals surface area contributed by atoms with E-state index in [0.29, 0.717) is 13.2 Å². The Morgan fingerprint density at radius 3 is 2.62 bits per heavy atom. The molecule has 0 atom stereocenters. The Morgan fingerprint density at radius 2 is 1.95 bits per heavy atom. The highest BCUT2D eigenvalue weighted by Gasteiger charge is 2.04. The summed E-state index contributed by atoms with van der Waals surface area (Å²) in [5.74, 6) is 0.558. The van der Waals surface area contributed by atoms with Gasteiger partial charge in [0.15, 0.2) is 0 Å². The summed E-state index contributed by atoms with van der Waals surface area (Å²) in [5.41, 5.74) is 2.95. The maximum absolute atomic E-state index is 11.4. The van der Waals surface area contributed by atoms with E-state index < -0.39 is 0 Å². The molecule has 4 heteroatoms. The zero-order valence-electron chi connectivity index (χ0n) is 12.3. The first kappa shape index (κ1) is 15.0. The predicted molar refractivity (Wildman–Crippen MR) is 80.1 cm³/mol. The van der Waals surface area contributed by atoms with Gasteiger partial charge in [-0.3, -0.25) is 9.78 Å². The van der Waals surface area contributed by atoms with Crippen LogP contribution in [0.1, 0.15) is 23.7 Å². The van der Waals surface area contributed by atoms with Gasteiger partial charge in [-0.2, -0.15) is 0 Å². The molecular weight excluding hydrogens is 266 g/mol. The molecule has 2 rings (SSSR count). The largest absolute Gasteiger partial charge is 0.489 e. The molecule has 0 radical (unpaired) electrons. The molecular formula is C17H19NO3. The van der Waals surface area contributed by atoms with Gasteiger partial charge in [0, 0.05) is 17.5 Å². The fourth-order valence-corrected chi connectivity index (χ4v) is 1.91. The zero-order valence-corrected chi connectivity index (χ0v) is 12.3. The van der Waals surface area contributed by atoms with Crippen LogP contribution >= 0.6 is 0 Å². The number of hydrogen-bond donors (Lipinski definition) is 0. The van der Waals surface area contributed by atoms with E-state index in [9.17, 15) is 4.79 Å². The zero-order chi connectivity index (χ0) is 15.1. The number of aryl methyl sites for hydroxylation is 1. The summed E-state index contributed by atoms with van der Waals surface area (Å²) in [5, 5.41) is 0. The Bertz CT molecular complexity index is 593. The van der Waals surface area contributed by atoms with E-state index in [1.165, 1.54) is 0 Å². The van der Waals surface area contributed by atoms with Gasteiger partial charge in [0.1, 0.15) is 12.4 Å². The molecule has 0 aliphatic carbocycles. The maximum atomic E-state index is 11.4. The minimum absolute atomic E-state index is 0.211. The van der Waals surface area contributed by atoms with Gasteiger partial charge in [-0.15, -0.1) is 0 Å². The summed E-state index contributed by atoms with van der Waals surface area (Å²) in [7, 11) is 0. The lowest BCUT2D eigenvalue weighted by molar-refractivity contribution is -0.142. The first-order valence-electron chi connectivity index (χ1n) is 6.97. The van der Waals surface area contributed by atoms with Gasteiger partial charge in [-0.1, -0.05) is 18.2 Å². The Labute approximate surface area is 124 Å². The van der Waals surface area contributed by atoms with Crippen molar-refractivity contribution in [1.82, 2.24) is 4.98 Å². The lowest BCUT2D eigenvalue weighted by atomic mass is 10.1. The van der Waals surface area contributed by atoms with E-state index in [4.69, 9.17) is 9.47 Å². The van der Waals surface area contributed by atoms with Crippen molar-refractivity contribution in [2.75, 3.05) is 6.61 Å². The molecule has 1 aromatic carbocycles. The van der Waals surface area contributed by atoms with Gasteiger partial charge in [-0.25, -0.2) is 0 Å². The molecule has 2 aromatic rings. The summed E-state index contributed by atoms with van der Waals surface area (Å²) in [6.07, 6.45) is 2.05. The Kier molecular flexibility index (Phi) is 5.32. The smallest absolute Gasteiger partial charge is 0.310 e. The van der Waals surface area contributed by atoms with E-state index in [1.54, 1.807) is 13.1 Å². The monoisotopic (exact) mass is 285 g/mol. The number of aromatic nitrogens is 1. The third-order valence-corrected chi connectivity index (χ3v) is 3.09. The Hall–Kier alpha value is -2.36. The minimum atomic E-state index is -0.211. The van der Waals surface area contributed by atoms with Crippen LogP contribution in [0.25, 0.3) is 0 Å². The first-order chi connectivity index (χ1) is 10.2. The number of esters is 1. The maximum Gasteiger partial charge on any atom is 0.310 e. The van der Waals surface area contributed by atoms with Crippen molar-refractivity contribution in [2.45, 2.75) is 26.9 Å². The fraction of sp³-hybridized carbons (Fsp3) is 0.294. The number of rotatable bonds is 6. The van der Waals surface area contributed by atoms with Gasteiger partial charge in [-0.05, 0) is 37.6 Å². The molecule has 0 N–H and O–H groups in total. The quantitative estimate of drug-likeness (QED) is 0.765. The van der Waals surface area contributed by atoms with E-state index >= 15 is 0 Å². The van der Waals surface area contributed by atoms with Crippen LogP contribution in [0.15, 0.2) is 42.6 Å². The highest BCUT2D eigenvalue weighted by Crippen LogP contribution is 2.15. The van der Waals surface area contributed by atoms with Crippen LogP contribution in [0.4, 0.5) is 0 Å². The van der Waals surface area contributed by atoms with E-state index in [0.717, 1.165) is 22.6 Å². The Balaban J connectivity index is 1.91. The van der Waals surface area contributed by atoms with Crippen LogP contribution in [-0.4, -0.2) is 17.6 Å². The number of nitrogens with zero attached hydrogens (tertiary/aromatic N) is 1. The number of carbonyl (C=O) groups is 1. The average molecular weight is 285 g/mol. The highest BCUT2D eigenvalue weighted by atomic mass is 16.5.